The Labute approximate surface area is 109 Å². The van der Waals surface area contributed by atoms with Crippen molar-refractivity contribution >= 4 is 0 Å². The van der Waals surface area contributed by atoms with Gasteiger partial charge in [-0.1, -0.05) is 53.4 Å². The lowest BCUT2D eigenvalue weighted by atomic mass is 9.79. The van der Waals surface area contributed by atoms with Gasteiger partial charge in [-0.05, 0) is 43.1 Å². The standard InChI is InChI=1S/C16H33N/c1-5-6-7-8-11-16(4,15-9-10-15)13-17-12-14(2)3/h14-15,17H,5-13H2,1-4H3. The van der Waals surface area contributed by atoms with E-state index in [1.165, 1.54) is 58.0 Å². The van der Waals surface area contributed by atoms with Gasteiger partial charge in [0.2, 0.25) is 0 Å². The van der Waals surface area contributed by atoms with Gasteiger partial charge in [-0.25, -0.2) is 0 Å². The number of rotatable bonds is 10. The Morgan fingerprint density at radius 2 is 1.88 bits per heavy atom. The second-order valence-corrected chi connectivity index (χ2v) is 6.76. The van der Waals surface area contributed by atoms with Gasteiger partial charge < -0.3 is 5.32 Å². The lowest BCUT2D eigenvalue weighted by Crippen LogP contribution is -2.35. The van der Waals surface area contributed by atoms with Crippen LogP contribution in [0.3, 0.4) is 0 Å². The number of unbranched alkanes of at least 4 members (excludes halogenated alkanes) is 3. The fraction of sp³-hybridized carbons (Fsp3) is 1.00. The zero-order chi connectivity index (χ0) is 12.7. The molecule has 1 fully saturated rings. The molecule has 1 nitrogen and oxygen atoms in total. The van der Waals surface area contributed by atoms with E-state index in [0.717, 1.165) is 11.8 Å². The summed E-state index contributed by atoms with van der Waals surface area (Å²) >= 11 is 0. The van der Waals surface area contributed by atoms with Gasteiger partial charge in [0.25, 0.3) is 0 Å². The van der Waals surface area contributed by atoms with Gasteiger partial charge in [-0.15, -0.1) is 0 Å². The maximum Gasteiger partial charge on any atom is 0.000793 e. The Morgan fingerprint density at radius 1 is 1.18 bits per heavy atom. The Bertz CT molecular complexity index is 196. The summed E-state index contributed by atoms with van der Waals surface area (Å²) in [6.45, 7) is 11.8. The minimum absolute atomic E-state index is 0.586. The molecular weight excluding hydrogens is 206 g/mol. The maximum absolute atomic E-state index is 3.69. The van der Waals surface area contributed by atoms with Crippen LogP contribution in [0.4, 0.5) is 0 Å². The smallest absolute Gasteiger partial charge is 0.000793 e. The lowest BCUT2D eigenvalue weighted by molar-refractivity contribution is 0.225. The highest BCUT2D eigenvalue weighted by Gasteiger charge is 2.40. The summed E-state index contributed by atoms with van der Waals surface area (Å²) in [6.07, 6.45) is 10.0. The average molecular weight is 239 g/mol. The van der Waals surface area contributed by atoms with E-state index < -0.39 is 0 Å². The van der Waals surface area contributed by atoms with E-state index in [-0.39, 0.29) is 0 Å². The fourth-order valence-corrected chi connectivity index (χ4v) is 2.82. The molecule has 0 heterocycles. The van der Waals surface area contributed by atoms with Crippen molar-refractivity contribution in [3.63, 3.8) is 0 Å². The highest BCUT2D eigenvalue weighted by molar-refractivity contribution is 4.92. The zero-order valence-electron chi connectivity index (χ0n) is 12.5. The molecule has 0 saturated heterocycles. The molecule has 17 heavy (non-hydrogen) atoms. The first-order valence-electron chi connectivity index (χ1n) is 7.79. The monoisotopic (exact) mass is 239 g/mol. The molecule has 1 unspecified atom stereocenters. The van der Waals surface area contributed by atoms with Crippen LogP contribution in [0.2, 0.25) is 0 Å². The van der Waals surface area contributed by atoms with Crippen molar-refractivity contribution in [2.45, 2.75) is 72.6 Å². The van der Waals surface area contributed by atoms with Crippen LogP contribution < -0.4 is 5.32 Å². The summed E-state index contributed by atoms with van der Waals surface area (Å²) in [6, 6.07) is 0. The molecule has 0 amide bonds. The predicted molar refractivity (Wildman–Crippen MR) is 77.3 cm³/mol. The Balaban J connectivity index is 2.24. The molecule has 0 aromatic heterocycles. The summed E-state index contributed by atoms with van der Waals surface area (Å²) < 4.78 is 0. The largest absolute Gasteiger partial charge is 0.316 e. The molecule has 0 spiro atoms. The first-order valence-corrected chi connectivity index (χ1v) is 7.79. The summed E-state index contributed by atoms with van der Waals surface area (Å²) in [5.74, 6) is 1.79. The molecule has 0 aliphatic heterocycles. The van der Waals surface area contributed by atoms with Crippen molar-refractivity contribution in [1.82, 2.24) is 5.32 Å². The van der Waals surface area contributed by atoms with E-state index in [9.17, 15) is 0 Å². The van der Waals surface area contributed by atoms with Crippen molar-refractivity contribution in [2.75, 3.05) is 13.1 Å². The zero-order valence-corrected chi connectivity index (χ0v) is 12.5. The first-order chi connectivity index (χ1) is 8.08. The molecule has 1 aliphatic carbocycles. The van der Waals surface area contributed by atoms with Crippen LogP contribution in [0.1, 0.15) is 72.6 Å². The van der Waals surface area contributed by atoms with E-state index in [1.54, 1.807) is 0 Å². The molecule has 1 aliphatic rings. The van der Waals surface area contributed by atoms with Crippen LogP contribution in [0, 0.1) is 17.3 Å². The third kappa shape index (κ3) is 5.90. The molecular formula is C16H33N. The average Bonchev–Trinajstić information content (AvgIpc) is 3.08. The van der Waals surface area contributed by atoms with Gasteiger partial charge in [-0.2, -0.15) is 0 Å². The van der Waals surface area contributed by atoms with Crippen molar-refractivity contribution in [2.24, 2.45) is 17.3 Å². The summed E-state index contributed by atoms with van der Waals surface area (Å²) in [5, 5.41) is 3.69. The quantitative estimate of drug-likeness (QED) is 0.549. The van der Waals surface area contributed by atoms with Crippen LogP contribution in [0.15, 0.2) is 0 Å². The highest BCUT2D eigenvalue weighted by atomic mass is 14.9. The minimum atomic E-state index is 0.586. The van der Waals surface area contributed by atoms with Crippen LogP contribution in [0.25, 0.3) is 0 Å². The summed E-state index contributed by atoms with van der Waals surface area (Å²) in [4.78, 5) is 0. The SMILES string of the molecule is CCCCCCC(C)(CNCC(C)C)C1CC1. The molecule has 0 bridgehead atoms. The summed E-state index contributed by atoms with van der Waals surface area (Å²) in [5.41, 5.74) is 0.586. The molecule has 1 saturated carbocycles. The maximum atomic E-state index is 3.69. The van der Waals surface area contributed by atoms with Gasteiger partial charge >= 0.3 is 0 Å². The van der Waals surface area contributed by atoms with Gasteiger partial charge in [0.15, 0.2) is 0 Å². The van der Waals surface area contributed by atoms with Crippen LogP contribution >= 0.6 is 0 Å². The van der Waals surface area contributed by atoms with Crippen molar-refractivity contribution in [3.05, 3.63) is 0 Å². The molecule has 102 valence electrons. The highest BCUT2D eigenvalue weighted by Crippen LogP contribution is 2.48. The lowest BCUT2D eigenvalue weighted by Gasteiger charge is -2.31. The predicted octanol–water partition coefficient (Wildman–Crippen LogP) is 4.62. The molecule has 1 N–H and O–H groups in total. The number of nitrogens with one attached hydrogen (secondary N) is 1. The van der Waals surface area contributed by atoms with Crippen molar-refractivity contribution in [1.29, 1.82) is 0 Å². The topological polar surface area (TPSA) is 12.0 Å². The molecule has 1 rings (SSSR count). The Morgan fingerprint density at radius 3 is 2.41 bits per heavy atom. The molecule has 0 aromatic rings. The van der Waals surface area contributed by atoms with E-state index in [1.807, 2.05) is 0 Å². The Kier molecular flexibility index (Phi) is 6.54. The first kappa shape index (κ1) is 15.0. The van der Waals surface area contributed by atoms with E-state index in [0.29, 0.717) is 5.41 Å². The molecule has 0 aromatic carbocycles. The number of hydrogen-bond acceptors (Lipinski definition) is 1. The Hall–Kier alpha value is -0.0400. The van der Waals surface area contributed by atoms with Crippen LogP contribution in [-0.4, -0.2) is 13.1 Å². The van der Waals surface area contributed by atoms with Gasteiger partial charge in [0, 0.05) is 6.54 Å². The van der Waals surface area contributed by atoms with Crippen molar-refractivity contribution in [3.8, 4) is 0 Å². The minimum Gasteiger partial charge on any atom is -0.316 e. The van der Waals surface area contributed by atoms with E-state index in [4.69, 9.17) is 0 Å². The van der Waals surface area contributed by atoms with Crippen LogP contribution in [-0.2, 0) is 0 Å². The second-order valence-electron chi connectivity index (χ2n) is 6.76. The van der Waals surface area contributed by atoms with Crippen LogP contribution in [0.5, 0.6) is 0 Å². The molecule has 1 atom stereocenters. The molecule has 1 heteroatoms. The van der Waals surface area contributed by atoms with E-state index in [2.05, 4.69) is 33.0 Å². The number of hydrogen-bond donors (Lipinski definition) is 1. The normalized spacial score (nSPS) is 19.6. The third-order valence-electron chi connectivity index (χ3n) is 4.25. The van der Waals surface area contributed by atoms with Crippen molar-refractivity contribution < 1.29 is 0 Å². The molecule has 0 radical (unpaired) electrons. The van der Waals surface area contributed by atoms with E-state index >= 15 is 0 Å². The van der Waals surface area contributed by atoms with Gasteiger partial charge in [0.05, 0.1) is 0 Å². The van der Waals surface area contributed by atoms with Gasteiger partial charge in [-0.3, -0.25) is 0 Å². The fourth-order valence-electron chi connectivity index (χ4n) is 2.82. The third-order valence-corrected chi connectivity index (χ3v) is 4.25. The summed E-state index contributed by atoms with van der Waals surface area (Å²) in [7, 11) is 0. The van der Waals surface area contributed by atoms with Gasteiger partial charge in [0.1, 0.15) is 0 Å². The second kappa shape index (κ2) is 7.41.